The van der Waals surface area contributed by atoms with E-state index < -0.39 is 20.0 Å². The lowest BCUT2D eigenvalue weighted by Gasteiger charge is -2.09. The molecule has 0 saturated carbocycles. The Bertz CT molecular complexity index is 967. The van der Waals surface area contributed by atoms with Gasteiger partial charge in [0.15, 0.2) is 0 Å². The lowest BCUT2D eigenvalue weighted by Crippen LogP contribution is -2.14. The summed E-state index contributed by atoms with van der Waals surface area (Å²) in [4.78, 5) is 11.2. The Morgan fingerprint density at radius 2 is 1.36 bits per heavy atom. The Kier molecular flexibility index (Phi) is 5.45. The number of carbonyl (C=O) groups is 1. The van der Waals surface area contributed by atoms with Crippen molar-refractivity contribution in [3.8, 4) is 0 Å². The fourth-order valence-corrected chi connectivity index (χ4v) is 3.47. The first kappa shape index (κ1) is 18.9. The van der Waals surface area contributed by atoms with Crippen LogP contribution in [-0.2, 0) is 24.8 Å². The largest absolute Gasteiger partial charge is 0.326 e. The Labute approximate surface area is 146 Å². The smallest absolute Gasteiger partial charge is 0.261 e. The molecule has 25 heavy (non-hydrogen) atoms. The van der Waals surface area contributed by atoms with E-state index in [1.807, 2.05) is 0 Å². The van der Waals surface area contributed by atoms with Gasteiger partial charge in [-0.25, -0.2) is 22.0 Å². The molecular formula is C15H17N3O5S2. The van der Waals surface area contributed by atoms with E-state index in [1.165, 1.54) is 48.5 Å². The molecule has 10 heteroatoms. The summed E-state index contributed by atoms with van der Waals surface area (Å²) in [6.45, 7) is 1.71. The molecule has 0 saturated heterocycles. The third-order valence-electron chi connectivity index (χ3n) is 3.20. The van der Waals surface area contributed by atoms with Crippen molar-refractivity contribution in [3.05, 3.63) is 48.5 Å². The number of benzene rings is 2. The van der Waals surface area contributed by atoms with Crippen molar-refractivity contribution in [1.29, 1.82) is 0 Å². The van der Waals surface area contributed by atoms with Crippen LogP contribution < -0.4 is 15.2 Å². The number of nitrogens with one attached hydrogen (secondary N) is 2. The lowest BCUT2D eigenvalue weighted by molar-refractivity contribution is -0.115. The monoisotopic (exact) mass is 383 g/mol. The Balaban J connectivity index is 2.17. The molecule has 2 aromatic carbocycles. The maximum absolute atomic E-state index is 12.3. The van der Waals surface area contributed by atoms with E-state index in [-0.39, 0.29) is 21.4 Å². The molecular weight excluding hydrogens is 366 g/mol. The third kappa shape index (κ3) is 5.02. The summed E-state index contributed by atoms with van der Waals surface area (Å²) < 4.78 is 49.4. The predicted octanol–water partition coefficient (Wildman–Crippen LogP) is 1.48. The number of amides is 1. The number of carbonyl (C=O) groups excluding carboxylic acids is 1. The van der Waals surface area contributed by atoms with Crippen molar-refractivity contribution < 1.29 is 21.6 Å². The van der Waals surface area contributed by atoms with E-state index in [0.717, 1.165) is 0 Å². The molecule has 0 aliphatic heterocycles. The van der Waals surface area contributed by atoms with E-state index in [4.69, 9.17) is 5.14 Å². The van der Waals surface area contributed by atoms with Gasteiger partial charge in [-0.3, -0.25) is 9.52 Å². The minimum Gasteiger partial charge on any atom is -0.326 e. The van der Waals surface area contributed by atoms with Crippen LogP contribution in [0, 0.1) is 0 Å². The Morgan fingerprint density at radius 1 is 0.880 bits per heavy atom. The topological polar surface area (TPSA) is 135 Å². The van der Waals surface area contributed by atoms with Gasteiger partial charge in [0, 0.05) is 17.8 Å². The van der Waals surface area contributed by atoms with E-state index in [1.54, 1.807) is 6.92 Å². The van der Waals surface area contributed by atoms with Crippen LogP contribution in [0.5, 0.6) is 0 Å². The summed E-state index contributed by atoms with van der Waals surface area (Å²) >= 11 is 0. The second-order valence-corrected chi connectivity index (χ2v) is 8.34. The van der Waals surface area contributed by atoms with E-state index in [2.05, 4.69) is 10.0 Å². The highest BCUT2D eigenvalue weighted by Gasteiger charge is 2.15. The molecule has 0 spiro atoms. The van der Waals surface area contributed by atoms with Gasteiger partial charge in [0.2, 0.25) is 15.9 Å². The number of rotatable bonds is 6. The van der Waals surface area contributed by atoms with E-state index in [0.29, 0.717) is 12.1 Å². The summed E-state index contributed by atoms with van der Waals surface area (Å²) in [6, 6.07) is 10.7. The van der Waals surface area contributed by atoms with Gasteiger partial charge in [-0.15, -0.1) is 0 Å². The summed E-state index contributed by atoms with van der Waals surface area (Å²) in [7, 11) is -7.70. The van der Waals surface area contributed by atoms with Crippen LogP contribution in [0.2, 0.25) is 0 Å². The molecule has 4 N–H and O–H groups in total. The van der Waals surface area contributed by atoms with Crippen molar-refractivity contribution in [2.45, 2.75) is 23.1 Å². The molecule has 0 aromatic heterocycles. The van der Waals surface area contributed by atoms with Gasteiger partial charge in [0.25, 0.3) is 10.0 Å². The number of hydrogen-bond acceptors (Lipinski definition) is 5. The molecule has 1 amide bonds. The average Bonchev–Trinajstić information content (AvgIpc) is 2.54. The zero-order chi connectivity index (χ0) is 18.7. The first-order chi connectivity index (χ1) is 11.6. The van der Waals surface area contributed by atoms with Crippen molar-refractivity contribution in [3.63, 3.8) is 0 Å². The van der Waals surface area contributed by atoms with E-state index >= 15 is 0 Å². The highest BCUT2D eigenvalue weighted by atomic mass is 32.2. The zero-order valence-corrected chi connectivity index (χ0v) is 14.9. The number of primary sulfonamides is 1. The fraction of sp³-hybridized carbons (Fsp3) is 0.133. The quantitative estimate of drug-likeness (QED) is 0.694. The predicted molar refractivity (Wildman–Crippen MR) is 94.0 cm³/mol. The molecule has 0 bridgehead atoms. The van der Waals surface area contributed by atoms with E-state index in [9.17, 15) is 21.6 Å². The summed E-state index contributed by atoms with van der Waals surface area (Å²) in [5.74, 6) is -0.177. The van der Waals surface area contributed by atoms with Crippen LogP contribution >= 0.6 is 0 Å². The molecule has 0 atom stereocenters. The van der Waals surface area contributed by atoms with Gasteiger partial charge >= 0.3 is 0 Å². The second-order valence-electron chi connectivity index (χ2n) is 5.10. The number of anilines is 2. The molecule has 134 valence electrons. The standard InChI is InChI=1S/C15H17N3O5S2/c1-2-15(19)17-11-3-9-14(10-4-11)25(22,23)18-12-5-7-13(8-6-12)24(16,20)21/h3-10,18H,2H2,1H3,(H,17,19)(H2,16,20,21). The Morgan fingerprint density at radius 3 is 1.84 bits per heavy atom. The fourth-order valence-electron chi connectivity index (χ4n) is 1.89. The summed E-state index contributed by atoms with van der Waals surface area (Å²) in [5.41, 5.74) is 0.680. The minimum absolute atomic E-state index is 0.00230. The molecule has 0 heterocycles. The molecule has 0 radical (unpaired) electrons. The highest BCUT2D eigenvalue weighted by Crippen LogP contribution is 2.19. The minimum atomic E-state index is -3.86. The molecule has 0 unspecified atom stereocenters. The first-order valence-corrected chi connectivity index (χ1v) is 10.2. The molecule has 0 aliphatic rings. The summed E-state index contributed by atoms with van der Waals surface area (Å²) in [6.07, 6.45) is 0.316. The van der Waals surface area contributed by atoms with Gasteiger partial charge in [0.1, 0.15) is 0 Å². The molecule has 2 rings (SSSR count). The zero-order valence-electron chi connectivity index (χ0n) is 13.3. The van der Waals surface area contributed by atoms with Crippen molar-refractivity contribution >= 4 is 37.3 Å². The van der Waals surface area contributed by atoms with Crippen molar-refractivity contribution in [1.82, 2.24) is 0 Å². The second kappa shape index (κ2) is 7.21. The maximum Gasteiger partial charge on any atom is 0.261 e. The first-order valence-electron chi connectivity index (χ1n) is 7.17. The van der Waals surface area contributed by atoms with Gasteiger partial charge in [-0.1, -0.05) is 6.92 Å². The normalized spacial score (nSPS) is 11.8. The van der Waals surface area contributed by atoms with Crippen molar-refractivity contribution in [2.24, 2.45) is 5.14 Å². The van der Waals surface area contributed by atoms with Gasteiger partial charge in [-0.2, -0.15) is 0 Å². The molecule has 2 aromatic rings. The molecule has 0 fully saturated rings. The van der Waals surface area contributed by atoms with Crippen LogP contribution in [0.3, 0.4) is 0 Å². The van der Waals surface area contributed by atoms with Crippen molar-refractivity contribution in [2.75, 3.05) is 10.0 Å². The molecule has 8 nitrogen and oxygen atoms in total. The van der Waals surface area contributed by atoms with Gasteiger partial charge in [0.05, 0.1) is 9.79 Å². The van der Waals surface area contributed by atoms with Crippen LogP contribution in [0.1, 0.15) is 13.3 Å². The van der Waals surface area contributed by atoms with Crippen LogP contribution in [-0.4, -0.2) is 22.7 Å². The lowest BCUT2D eigenvalue weighted by atomic mass is 10.3. The number of nitrogens with two attached hydrogens (primary N) is 1. The summed E-state index contributed by atoms with van der Waals surface area (Å²) in [5, 5.41) is 7.60. The van der Waals surface area contributed by atoms with Gasteiger partial charge in [-0.05, 0) is 48.5 Å². The van der Waals surface area contributed by atoms with Crippen LogP contribution in [0.15, 0.2) is 58.3 Å². The Hall–Kier alpha value is -2.43. The maximum atomic E-state index is 12.3. The van der Waals surface area contributed by atoms with Crippen LogP contribution in [0.25, 0.3) is 0 Å². The number of hydrogen-bond donors (Lipinski definition) is 3. The van der Waals surface area contributed by atoms with Crippen LogP contribution in [0.4, 0.5) is 11.4 Å². The third-order valence-corrected chi connectivity index (χ3v) is 5.53. The van der Waals surface area contributed by atoms with Gasteiger partial charge < -0.3 is 5.32 Å². The average molecular weight is 383 g/mol. The highest BCUT2D eigenvalue weighted by molar-refractivity contribution is 7.92. The number of sulfonamides is 2. The SMILES string of the molecule is CCC(=O)Nc1ccc(S(=O)(=O)Nc2ccc(S(N)(=O)=O)cc2)cc1. The molecule has 0 aliphatic carbocycles.